The fraction of sp³-hybridized carbons (Fsp3) is 0.545. The molecule has 7 heteroatoms. The maximum Gasteiger partial charge on any atom is 0.396 e. The highest BCUT2D eigenvalue weighted by Gasteiger charge is 2.29. The molecule has 0 unspecified atom stereocenters. The van der Waals surface area contributed by atoms with Crippen molar-refractivity contribution in [3.63, 3.8) is 0 Å². The van der Waals surface area contributed by atoms with Gasteiger partial charge in [-0.25, -0.2) is 9.97 Å². The summed E-state index contributed by atoms with van der Waals surface area (Å²) in [7, 11) is 0. The predicted octanol–water partition coefficient (Wildman–Crippen LogP) is 2.22. The molecule has 0 amide bonds. The molecule has 0 bridgehead atoms. The van der Waals surface area contributed by atoms with Crippen molar-refractivity contribution in [3.05, 3.63) is 22.8 Å². The van der Waals surface area contributed by atoms with Gasteiger partial charge in [-0.3, -0.25) is 4.79 Å². The standard InChI is InChI=1S/C11H13F3N2O2/c1-6-8(3-4-10(17)18)7(2)16-9(15-6)5-11(12,13)14/h3-5H2,1-2H3,(H,17,18). The molecule has 0 aliphatic rings. The topological polar surface area (TPSA) is 63.1 Å². The zero-order valence-corrected chi connectivity index (χ0v) is 10.0. The molecular formula is C11H13F3N2O2. The van der Waals surface area contributed by atoms with Crippen LogP contribution in [0.2, 0.25) is 0 Å². The molecule has 0 radical (unpaired) electrons. The third-order valence-electron chi connectivity index (χ3n) is 2.41. The molecule has 100 valence electrons. The number of halogens is 3. The summed E-state index contributed by atoms with van der Waals surface area (Å²) < 4.78 is 36.6. The van der Waals surface area contributed by atoms with E-state index >= 15 is 0 Å². The van der Waals surface area contributed by atoms with Crippen LogP contribution in [0.4, 0.5) is 13.2 Å². The lowest BCUT2D eigenvalue weighted by Gasteiger charge is -2.11. The third kappa shape index (κ3) is 4.31. The summed E-state index contributed by atoms with van der Waals surface area (Å²) in [6.07, 6.45) is -5.39. The first-order valence-electron chi connectivity index (χ1n) is 5.30. The normalized spacial score (nSPS) is 11.6. The number of carboxylic acid groups (broad SMARTS) is 1. The number of carboxylic acids is 1. The lowest BCUT2D eigenvalue weighted by atomic mass is 10.1. The molecule has 4 nitrogen and oxygen atoms in total. The van der Waals surface area contributed by atoms with Gasteiger partial charge in [-0.2, -0.15) is 13.2 Å². The fourth-order valence-electron chi connectivity index (χ4n) is 1.66. The average Bonchev–Trinajstić information content (AvgIpc) is 2.12. The number of hydrogen-bond acceptors (Lipinski definition) is 3. The number of aryl methyl sites for hydroxylation is 2. The zero-order valence-electron chi connectivity index (χ0n) is 10.0. The van der Waals surface area contributed by atoms with Gasteiger partial charge in [-0.05, 0) is 25.8 Å². The van der Waals surface area contributed by atoms with Crippen molar-refractivity contribution in [2.24, 2.45) is 0 Å². The summed E-state index contributed by atoms with van der Waals surface area (Å²) in [5.74, 6) is -1.25. The Kier molecular flexibility index (Phi) is 4.26. The van der Waals surface area contributed by atoms with Crippen molar-refractivity contribution in [2.75, 3.05) is 0 Å². The maximum absolute atomic E-state index is 12.2. The summed E-state index contributed by atoms with van der Waals surface area (Å²) in [6.45, 7) is 3.12. The van der Waals surface area contributed by atoms with Gasteiger partial charge >= 0.3 is 12.1 Å². The molecule has 1 N–H and O–H groups in total. The van der Waals surface area contributed by atoms with Crippen LogP contribution < -0.4 is 0 Å². The van der Waals surface area contributed by atoms with Crippen molar-refractivity contribution in [3.8, 4) is 0 Å². The molecule has 0 fully saturated rings. The Balaban J connectivity index is 2.94. The number of carbonyl (C=O) groups is 1. The van der Waals surface area contributed by atoms with E-state index in [2.05, 4.69) is 9.97 Å². The number of rotatable bonds is 4. The van der Waals surface area contributed by atoms with Crippen molar-refractivity contribution in [1.29, 1.82) is 0 Å². The highest BCUT2D eigenvalue weighted by atomic mass is 19.4. The van der Waals surface area contributed by atoms with Crippen LogP contribution in [-0.2, 0) is 17.6 Å². The zero-order chi connectivity index (χ0) is 13.9. The number of aromatic nitrogens is 2. The highest BCUT2D eigenvalue weighted by molar-refractivity contribution is 5.67. The first-order valence-corrected chi connectivity index (χ1v) is 5.30. The Morgan fingerprint density at radius 2 is 1.72 bits per heavy atom. The molecule has 1 rings (SSSR count). The molecule has 0 aliphatic carbocycles. The van der Waals surface area contributed by atoms with Gasteiger partial charge < -0.3 is 5.11 Å². The minimum atomic E-state index is -4.35. The van der Waals surface area contributed by atoms with E-state index in [4.69, 9.17) is 5.11 Å². The Labute approximate surface area is 102 Å². The first-order chi connectivity index (χ1) is 8.19. The molecule has 1 heterocycles. The quantitative estimate of drug-likeness (QED) is 0.903. The Bertz CT molecular complexity index is 435. The summed E-state index contributed by atoms with van der Waals surface area (Å²) in [6, 6.07) is 0. The van der Waals surface area contributed by atoms with E-state index in [1.165, 1.54) is 0 Å². The van der Waals surface area contributed by atoms with Crippen LogP contribution in [0.25, 0.3) is 0 Å². The van der Waals surface area contributed by atoms with E-state index in [9.17, 15) is 18.0 Å². The Morgan fingerprint density at radius 3 is 2.11 bits per heavy atom. The van der Waals surface area contributed by atoms with Gasteiger partial charge in [0.1, 0.15) is 12.2 Å². The lowest BCUT2D eigenvalue weighted by Crippen LogP contribution is -2.16. The van der Waals surface area contributed by atoms with Crippen LogP contribution in [0, 0.1) is 13.8 Å². The highest BCUT2D eigenvalue weighted by Crippen LogP contribution is 2.21. The third-order valence-corrected chi connectivity index (χ3v) is 2.41. The summed E-state index contributed by atoms with van der Waals surface area (Å²) in [4.78, 5) is 18.0. The predicted molar refractivity (Wildman–Crippen MR) is 57.2 cm³/mol. The van der Waals surface area contributed by atoms with Crippen LogP contribution in [0.5, 0.6) is 0 Å². The maximum atomic E-state index is 12.2. The second-order valence-corrected chi connectivity index (χ2v) is 3.97. The largest absolute Gasteiger partial charge is 0.481 e. The summed E-state index contributed by atoms with van der Waals surface area (Å²) >= 11 is 0. The molecule has 0 aromatic carbocycles. The van der Waals surface area contributed by atoms with Gasteiger partial charge in [0.05, 0.1) is 0 Å². The lowest BCUT2D eigenvalue weighted by molar-refractivity contribution is -0.137. The van der Waals surface area contributed by atoms with Gasteiger partial charge in [-0.1, -0.05) is 0 Å². The molecular weight excluding hydrogens is 249 g/mol. The van der Waals surface area contributed by atoms with Crippen molar-refractivity contribution < 1.29 is 23.1 Å². The molecule has 18 heavy (non-hydrogen) atoms. The average molecular weight is 262 g/mol. The van der Waals surface area contributed by atoms with E-state index in [0.717, 1.165) is 0 Å². The smallest absolute Gasteiger partial charge is 0.396 e. The van der Waals surface area contributed by atoms with Crippen LogP contribution in [0.3, 0.4) is 0 Å². The number of hydrogen-bond donors (Lipinski definition) is 1. The van der Waals surface area contributed by atoms with Gasteiger partial charge in [0.15, 0.2) is 0 Å². The van der Waals surface area contributed by atoms with Crippen LogP contribution in [-0.4, -0.2) is 27.2 Å². The molecule has 1 aromatic heterocycles. The second-order valence-electron chi connectivity index (χ2n) is 3.97. The van der Waals surface area contributed by atoms with Crippen molar-refractivity contribution >= 4 is 5.97 Å². The molecule has 0 atom stereocenters. The van der Waals surface area contributed by atoms with Crippen molar-refractivity contribution in [2.45, 2.75) is 39.3 Å². The van der Waals surface area contributed by atoms with E-state index in [1.807, 2.05) is 0 Å². The van der Waals surface area contributed by atoms with E-state index in [1.54, 1.807) is 13.8 Å². The molecule has 0 spiro atoms. The summed E-state index contributed by atoms with van der Waals surface area (Å²) in [5.41, 5.74) is 1.41. The monoisotopic (exact) mass is 262 g/mol. The van der Waals surface area contributed by atoms with Crippen LogP contribution in [0.1, 0.15) is 29.2 Å². The van der Waals surface area contributed by atoms with E-state index < -0.39 is 18.6 Å². The molecule has 1 aromatic rings. The van der Waals surface area contributed by atoms with Crippen LogP contribution >= 0.6 is 0 Å². The fourth-order valence-corrected chi connectivity index (χ4v) is 1.66. The molecule has 0 saturated heterocycles. The minimum Gasteiger partial charge on any atom is -0.481 e. The summed E-state index contributed by atoms with van der Waals surface area (Å²) in [5, 5.41) is 8.57. The Hall–Kier alpha value is -1.66. The second kappa shape index (κ2) is 5.32. The van der Waals surface area contributed by atoms with Crippen LogP contribution in [0.15, 0.2) is 0 Å². The molecule has 0 aliphatic heterocycles. The van der Waals surface area contributed by atoms with E-state index in [0.29, 0.717) is 17.0 Å². The first kappa shape index (κ1) is 14.4. The number of aliphatic carboxylic acids is 1. The van der Waals surface area contributed by atoms with Gasteiger partial charge in [0.25, 0.3) is 0 Å². The minimum absolute atomic E-state index is 0.0936. The Morgan fingerprint density at radius 1 is 1.22 bits per heavy atom. The van der Waals surface area contributed by atoms with Crippen molar-refractivity contribution in [1.82, 2.24) is 9.97 Å². The van der Waals surface area contributed by atoms with Gasteiger partial charge in [0, 0.05) is 17.8 Å². The number of alkyl halides is 3. The SMILES string of the molecule is Cc1nc(CC(F)(F)F)nc(C)c1CCC(=O)O. The van der Waals surface area contributed by atoms with Gasteiger partial charge in [0.2, 0.25) is 0 Å². The molecule has 0 saturated carbocycles. The van der Waals surface area contributed by atoms with Gasteiger partial charge in [-0.15, -0.1) is 0 Å². The number of nitrogens with zero attached hydrogens (tertiary/aromatic N) is 2. The van der Waals surface area contributed by atoms with E-state index in [-0.39, 0.29) is 18.7 Å².